The summed E-state index contributed by atoms with van der Waals surface area (Å²) >= 11 is 0. The van der Waals surface area contributed by atoms with Gasteiger partial charge in [-0.1, -0.05) is 32.9 Å². The molecule has 1 aromatic carbocycles. The molecule has 0 aliphatic carbocycles. The highest BCUT2D eigenvalue weighted by Gasteiger charge is 2.06. The topological polar surface area (TPSA) is 67.5 Å². The molecule has 0 aliphatic heterocycles. The fourth-order valence-electron chi connectivity index (χ4n) is 1.97. The predicted molar refractivity (Wildman–Crippen MR) is 74.9 cm³/mol. The quantitative estimate of drug-likeness (QED) is 0.608. The molecule has 0 saturated heterocycles. The van der Waals surface area contributed by atoms with Gasteiger partial charge >= 0.3 is 6.03 Å². The smallest absolute Gasteiger partial charge is 0.332 e. The standard InChI is InChI=1S/C14H21N3O/c1-4-10-7-11(5-2)13(12(6-3)8-10)9-16-17-14(15)18/h7-9H,4-6H2,1-3H3,(H3,15,17,18)/b16-9-. The molecule has 0 aromatic heterocycles. The van der Waals surface area contributed by atoms with Gasteiger partial charge in [-0.05, 0) is 36.0 Å². The van der Waals surface area contributed by atoms with E-state index in [2.05, 4.69) is 43.4 Å². The van der Waals surface area contributed by atoms with E-state index in [9.17, 15) is 4.79 Å². The normalized spacial score (nSPS) is 10.8. The van der Waals surface area contributed by atoms with Gasteiger partial charge in [0.05, 0.1) is 6.21 Å². The third-order valence-electron chi connectivity index (χ3n) is 2.95. The van der Waals surface area contributed by atoms with E-state index in [1.165, 1.54) is 16.7 Å². The molecule has 0 bridgehead atoms. The number of nitrogens with zero attached hydrogens (tertiary/aromatic N) is 1. The highest BCUT2D eigenvalue weighted by Crippen LogP contribution is 2.18. The van der Waals surface area contributed by atoms with Gasteiger partial charge in [-0.2, -0.15) is 5.10 Å². The third-order valence-corrected chi connectivity index (χ3v) is 2.95. The summed E-state index contributed by atoms with van der Waals surface area (Å²) in [5.41, 5.74) is 12.1. The molecule has 4 nitrogen and oxygen atoms in total. The van der Waals surface area contributed by atoms with Crippen LogP contribution in [0.3, 0.4) is 0 Å². The molecule has 3 N–H and O–H groups in total. The average Bonchev–Trinajstić information content (AvgIpc) is 2.37. The van der Waals surface area contributed by atoms with Crippen LogP contribution >= 0.6 is 0 Å². The summed E-state index contributed by atoms with van der Waals surface area (Å²) in [6, 6.07) is 3.75. The molecule has 2 amide bonds. The molecule has 0 spiro atoms. The van der Waals surface area contributed by atoms with E-state index in [1.54, 1.807) is 6.21 Å². The van der Waals surface area contributed by atoms with Crippen molar-refractivity contribution >= 4 is 12.2 Å². The largest absolute Gasteiger partial charge is 0.350 e. The highest BCUT2D eigenvalue weighted by atomic mass is 16.2. The number of carbonyl (C=O) groups excluding carboxylic acids is 1. The molecule has 18 heavy (non-hydrogen) atoms. The van der Waals surface area contributed by atoms with E-state index >= 15 is 0 Å². The minimum absolute atomic E-state index is 0.646. The van der Waals surface area contributed by atoms with Crippen LogP contribution in [-0.2, 0) is 19.3 Å². The Bertz CT molecular complexity index is 427. The first kappa shape index (κ1) is 14.2. The van der Waals surface area contributed by atoms with Gasteiger partial charge in [0.1, 0.15) is 0 Å². The molecular formula is C14H21N3O. The van der Waals surface area contributed by atoms with Crippen LogP contribution in [0.2, 0.25) is 0 Å². The number of nitrogens with two attached hydrogens (primary N) is 1. The zero-order valence-electron chi connectivity index (χ0n) is 11.3. The zero-order chi connectivity index (χ0) is 13.5. The number of primary amides is 1. The Morgan fingerprint density at radius 2 is 1.78 bits per heavy atom. The zero-order valence-corrected chi connectivity index (χ0v) is 11.3. The summed E-state index contributed by atoms with van der Waals surface area (Å²) in [6.45, 7) is 6.39. The van der Waals surface area contributed by atoms with Crippen molar-refractivity contribution in [3.05, 3.63) is 34.4 Å². The molecule has 4 heteroatoms. The molecule has 0 fully saturated rings. The number of aryl methyl sites for hydroxylation is 3. The fraction of sp³-hybridized carbons (Fsp3) is 0.429. The van der Waals surface area contributed by atoms with Gasteiger partial charge in [-0.25, -0.2) is 10.2 Å². The lowest BCUT2D eigenvalue weighted by Gasteiger charge is -2.11. The molecule has 1 rings (SSSR count). The van der Waals surface area contributed by atoms with Crippen LogP contribution in [0.25, 0.3) is 0 Å². The monoisotopic (exact) mass is 247 g/mol. The van der Waals surface area contributed by atoms with Crippen molar-refractivity contribution in [3.8, 4) is 0 Å². The molecule has 0 unspecified atom stereocenters. The number of amides is 2. The van der Waals surface area contributed by atoms with E-state index < -0.39 is 6.03 Å². The number of hydrogen-bond donors (Lipinski definition) is 2. The van der Waals surface area contributed by atoms with E-state index in [0.29, 0.717) is 0 Å². The predicted octanol–water partition coefficient (Wildman–Crippen LogP) is 2.38. The lowest BCUT2D eigenvalue weighted by molar-refractivity contribution is 0.249. The Morgan fingerprint density at radius 3 is 2.17 bits per heavy atom. The number of hydrogen-bond acceptors (Lipinski definition) is 2. The van der Waals surface area contributed by atoms with Gasteiger partial charge in [-0.15, -0.1) is 0 Å². The van der Waals surface area contributed by atoms with Gasteiger partial charge in [0.25, 0.3) is 0 Å². The van der Waals surface area contributed by atoms with Crippen LogP contribution in [0.1, 0.15) is 43.0 Å². The Kier molecular flexibility index (Phi) is 5.36. The van der Waals surface area contributed by atoms with Crippen molar-refractivity contribution in [2.24, 2.45) is 10.8 Å². The summed E-state index contributed by atoms with van der Waals surface area (Å²) in [5.74, 6) is 0. The summed E-state index contributed by atoms with van der Waals surface area (Å²) in [7, 11) is 0. The van der Waals surface area contributed by atoms with E-state index in [-0.39, 0.29) is 0 Å². The maximum Gasteiger partial charge on any atom is 0.332 e. The van der Waals surface area contributed by atoms with Crippen molar-refractivity contribution in [2.75, 3.05) is 0 Å². The first-order chi connectivity index (χ1) is 8.62. The van der Waals surface area contributed by atoms with Crippen molar-refractivity contribution in [1.82, 2.24) is 5.43 Å². The number of hydrazone groups is 1. The van der Waals surface area contributed by atoms with E-state index in [0.717, 1.165) is 24.8 Å². The Labute approximate surface area is 108 Å². The van der Waals surface area contributed by atoms with Crippen LogP contribution in [0, 0.1) is 0 Å². The van der Waals surface area contributed by atoms with Crippen LogP contribution in [0.15, 0.2) is 17.2 Å². The van der Waals surface area contributed by atoms with Crippen LogP contribution < -0.4 is 11.2 Å². The number of nitrogens with one attached hydrogen (secondary N) is 1. The molecule has 1 aromatic rings. The minimum atomic E-state index is -0.646. The van der Waals surface area contributed by atoms with Crippen molar-refractivity contribution in [1.29, 1.82) is 0 Å². The van der Waals surface area contributed by atoms with Crippen LogP contribution in [0.4, 0.5) is 4.79 Å². The number of urea groups is 1. The maximum absolute atomic E-state index is 10.6. The van der Waals surface area contributed by atoms with Gasteiger partial charge in [0.15, 0.2) is 0 Å². The van der Waals surface area contributed by atoms with Crippen molar-refractivity contribution in [3.63, 3.8) is 0 Å². The Balaban J connectivity index is 3.14. The molecule has 0 atom stereocenters. The summed E-state index contributed by atoms with van der Waals surface area (Å²) in [4.78, 5) is 10.6. The van der Waals surface area contributed by atoms with Gasteiger partial charge < -0.3 is 5.73 Å². The van der Waals surface area contributed by atoms with Gasteiger partial charge in [-0.3, -0.25) is 0 Å². The SMILES string of the molecule is CCc1cc(CC)c(/C=N\NC(N)=O)c(CC)c1. The average molecular weight is 247 g/mol. The summed E-state index contributed by atoms with van der Waals surface area (Å²) in [5, 5.41) is 3.86. The first-order valence-corrected chi connectivity index (χ1v) is 6.35. The van der Waals surface area contributed by atoms with Crippen molar-refractivity contribution < 1.29 is 4.79 Å². The second-order valence-electron chi connectivity index (χ2n) is 4.12. The van der Waals surface area contributed by atoms with Crippen LogP contribution in [-0.4, -0.2) is 12.2 Å². The molecular weight excluding hydrogens is 226 g/mol. The number of rotatable bonds is 5. The highest BCUT2D eigenvalue weighted by molar-refractivity contribution is 5.85. The molecule has 0 aliphatic rings. The maximum atomic E-state index is 10.6. The molecule has 98 valence electrons. The molecule has 0 heterocycles. The summed E-state index contributed by atoms with van der Waals surface area (Å²) in [6.07, 6.45) is 4.59. The Hall–Kier alpha value is -1.84. The fourth-order valence-corrected chi connectivity index (χ4v) is 1.97. The minimum Gasteiger partial charge on any atom is -0.350 e. The molecule has 0 saturated carbocycles. The second-order valence-corrected chi connectivity index (χ2v) is 4.12. The summed E-state index contributed by atoms with van der Waals surface area (Å²) < 4.78 is 0. The lowest BCUT2D eigenvalue weighted by atomic mass is 9.94. The van der Waals surface area contributed by atoms with Crippen LogP contribution in [0.5, 0.6) is 0 Å². The third kappa shape index (κ3) is 3.58. The Morgan fingerprint density at radius 1 is 1.22 bits per heavy atom. The van der Waals surface area contributed by atoms with Gasteiger partial charge in [0, 0.05) is 5.56 Å². The van der Waals surface area contributed by atoms with E-state index in [4.69, 9.17) is 5.73 Å². The van der Waals surface area contributed by atoms with Crippen molar-refractivity contribution in [2.45, 2.75) is 40.0 Å². The molecule has 0 radical (unpaired) electrons. The lowest BCUT2D eigenvalue weighted by Crippen LogP contribution is -2.24. The van der Waals surface area contributed by atoms with Gasteiger partial charge in [0.2, 0.25) is 0 Å². The first-order valence-electron chi connectivity index (χ1n) is 6.35. The van der Waals surface area contributed by atoms with E-state index in [1.807, 2.05) is 0 Å². The number of benzene rings is 1. The second kappa shape index (κ2) is 6.79. The number of carbonyl (C=O) groups is 1.